The maximum atomic E-state index is 15.6. The summed E-state index contributed by atoms with van der Waals surface area (Å²) in [6.07, 6.45) is 0.0122. The van der Waals surface area contributed by atoms with E-state index in [2.05, 4.69) is 25.6 Å². The van der Waals surface area contributed by atoms with E-state index >= 15 is 4.39 Å². The molecule has 1 saturated heterocycles. The first kappa shape index (κ1) is 30.8. The lowest BCUT2D eigenvalue weighted by Gasteiger charge is -2.27. The highest BCUT2D eigenvalue weighted by atomic mass is 35.5. The fraction of sp³-hybridized carbons (Fsp3) is 0.464. The Morgan fingerprint density at radius 1 is 1.21 bits per heavy atom. The van der Waals surface area contributed by atoms with Gasteiger partial charge in [-0.05, 0) is 81.7 Å². The van der Waals surface area contributed by atoms with Crippen LogP contribution in [0.1, 0.15) is 32.8 Å². The molecule has 3 heterocycles. The zero-order valence-corrected chi connectivity index (χ0v) is 25.8. The molecule has 0 radical (unpaired) electrons. The molecule has 0 saturated carbocycles. The molecule has 3 aromatic rings. The van der Waals surface area contributed by atoms with Gasteiger partial charge in [0.15, 0.2) is 9.84 Å². The van der Waals surface area contributed by atoms with Gasteiger partial charge in [-0.25, -0.2) is 17.6 Å². The lowest BCUT2D eigenvalue weighted by Crippen LogP contribution is -2.51. The number of halogens is 2. The molecule has 15 heteroatoms. The van der Waals surface area contributed by atoms with Crippen LogP contribution in [0.2, 0.25) is 5.02 Å². The van der Waals surface area contributed by atoms with E-state index in [0.29, 0.717) is 23.0 Å². The van der Waals surface area contributed by atoms with Crippen LogP contribution < -0.4 is 10.2 Å². The molecule has 1 fully saturated rings. The Bertz CT molecular complexity index is 1640. The van der Waals surface area contributed by atoms with Crippen molar-refractivity contribution in [2.24, 2.45) is 5.92 Å². The van der Waals surface area contributed by atoms with Gasteiger partial charge in [0.2, 0.25) is 5.82 Å². The Kier molecular flexibility index (Phi) is 8.47. The molecular formula is C28H33ClFN7O5S. The Hall–Kier alpha value is -3.62. The van der Waals surface area contributed by atoms with Crippen LogP contribution in [0.5, 0.6) is 0 Å². The molecule has 2 aromatic carbocycles. The van der Waals surface area contributed by atoms with Gasteiger partial charge in [0.05, 0.1) is 35.0 Å². The molecule has 12 nitrogen and oxygen atoms in total. The van der Waals surface area contributed by atoms with Gasteiger partial charge in [-0.2, -0.15) is 4.80 Å². The van der Waals surface area contributed by atoms with Crippen molar-refractivity contribution in [2.45, 2.75) is 56.8 Å². The van der Waals surface area contributed by atoms with Gasteiger partial charge in [-0.1, -0.05) is 23.7 Å². The fourth-order valence-electron chi connectivity index (χ4n) is 5.19. The molecule has 2 amide bonds. The second-order valence-corrected chi connectivity index (χ2v) is 14.4. The van der Waals surface area contributed by atoms with Gasteiger partial charge in [-0.3, -0.25) is 4.79 Å². The summed E-state index contributed by atoms with van der Waals surface area (Å²) in [6.45, 7) is 7.16. The average molecular weight is 634 g/mol. The molecule has 43 heavy (non-hydrogen) atoms. The molecular weight excluding hydrogens is 601 g/mol. The number of fused-ring (bicyclic) bond motifs is 1. The first-order valence-electron chi connectivity index (χ1n) is 13.8. The summed E-state index contributed by atoms with van der Waals surface area (Å²) in [5.74, 6) is -2.13. The maximum Gasteiger partial charge on any atom is 0.408 e. The third kappa shape index (κ3) is 7.13. The maximum absolute atomic E-state index is 15.6. The second kappa shape index (κ2) is 11.8. The Morgan fingerprint density at radius 2 is 1.93 bits per heavy atom. The van der Waals surface area contributed by atoms with Gasteiger partial charge in [0, 0.05) is 11.6 Å². The van der Waals surface area contributed by atoms with E-state index in [9.17, 15) is 18.0 Å². The topological polar surface area (TPSA) is 140 Å². The quantitative estimate of drug-likeness (QED) is 0.433. The highest BCUT2D eigenvalue weighted by molar-refractivity contribution is 7.91. The minimum absolute atomic E-state index is 0.0457. The zero-order chi connectivity index (χ0) is 31.1. The number of anilines is 1. The smallest absolute Gasteiger partial charge is 0.408 e. The normalized spacial score (nSPS) is 20.5. The molecule has 0 unspecified atom stereocenters. The minimum Gasteiger partial charge on any atom is -0.444 e. The van der Waals surface area contributed by atoms with Gasteiger partial charge >= 0.3 is 6.09 Å². The number of amides is 2. The predicted molar refractivity (Wildman–Crippen MR) is 157 cm³/mol. The van der Waals surface area contributed by atoms with Crippen LogP contribution in [0.3, 0.4) is 0 Å². The van der Waals surface area contributed by atoms with Crippen LogP contribution >= 0.6 is 11.6 Å². The van der Waals surface area contributed by atoms with E-state index < -0.39 is 49.9 Å². The van der Waals surface area contributed by atoms with Crippen molar-refractivity contribution < 1.29 is 27.1 Å². The van der Waals surface area contributed by atoms with Gasteiger partial charge in [0.25, 0.3) is 5.91 Å². The molecule has 0 bridgehead atoms. The second-order valence-electron chi connectivity index (χ2n) is 11.9. The number of hydrogen-bond acceptors (Lipinski definition) is 9. The van der Waals surface area contributed by atoms with Crippen LogP contribution in [0.4, 0.5) is 14.9 Å². The van der Waals surface area contributed by atoms with Crippen molar-refractivity contribution in [1.29, 1.82) is 0 Å². The van der Waals surface area contributed by atoms with Crippen LogP contribution in [0.25, 0.3) is 11.4 Å². The molecule has 1 N–H and O–H groups in total. The van der Waals surface area contributed by atoms with Crippen molar-refractivity contribution in [1.82, 2.24) is 30.4 Å². The number of likely N-dealkylation sites (tertiary alicyclic amines) is 1. The Labute approximate surface area is 254 Å². The molecule has 1 aromatic heterocycles. The van der Waals surface area contributed by atoms with Crippen LogP contribution in [0.15, 0.2) is 41.3 Å². The molecule has 0 aliphatic carbocycles. The van der Waals surface area contributed by atoms with E-state index in [1.54, 1.807) is 45.0 Å². The lowest BCUT2D eigenvalue weighted by atomic mass is 10.1. The molecule has 230 valence electrons. The van der Waals surface area contributed by atoms with Crippen molar-refractivity contribution in [2.75, 3.05) is 30.8 Å². The monoisotopic (exact) mass is 633 g/mol. The molecule has 0 spiro atoms. The third-order valence-electron chi connectivity index (χ3n) is 7.17. The summed E-state index contributed by atoms with van der Waals surface area (Å²) in [6, 6.07) is 7.24. The molecule has 2 aliphatic rings. The van der Waals surface area contributed by atoms with E-state index in [1.165, 1.54) is 15.8 Å². The number of aromatic nitrogens is 4. The lowest BCUT2D eigenvalue weighted by molar-refractivity contribution is -0.120. The number of ether oxygens (including phenoxy) is 1. The number of hydrogen-bond donors (Lipinski definition) is 1. The number of alkyl carbamates (subject to hydrolysis) is 1. The summed E-state index contributed by atoms with van der Waals surface area (Å²) in [5, 5.41) is 15.3. The number of nitrogens with one attached hydrogen (secondary N) is 1. The standard InChI is InChI=1S/C28H33ClFN7O5S/c1-28(2,3)42-27(39)31-22-16-43(40,41)24-12-21(30)20(25-32-34-37(33-25)15-18-9-10-35(4)13-18)11-23(24)36(26(22)38)14-17-5-7-19(29)8-6-17/h5-8,11-12,18,22H,9-10,13-16H2,1-4H3,(H,31,39)/t18-,22-/m0/s1. The summed E-state index contributed by atoms with van der Waals surface area (Å²) in [5.41, 5.74) is -0.455. The van der Waals surface area contributed by atoms with Crippen LogP contribution in [-0.2, 0) is 32.5 Å². The highest BCUT2D eigenvalue weighted by Crippen LogP contribution is 2.36. The van der Waals surface area contributed by atoms with Crippen molar-refractivity contribution in [3.63, 3.8) is 0 Å². The first-order chi connectivity index (χ1) is 20.2. The van der Waals surface area contributed by atoms with E-state index in [0.717, 1.165) is 25.6 Å². The van der Waals surface area contributed by atoms with Crippen LogP contribution in [0, 0.1) is 11.7 Å². The number of rotatable bonds is 6. The van der Waals surface area contributed by atoms with Gasteiger partial charge in [0.1, 0.15) is 17.5 Å². The van der Waals surface area contributed by atoms with Crippen molar-refractivity contribution in [3.05, 3.63) is 52.8 Å². The summed E-state index contributed by atoms with van der Waals surface area (Å²) in [7, 11) is -2.25. The molecule has 5 rings (SSSR count). The number of tetrazole rings is 1. The fourth-order valence-corrected chi connectivity index (χ4v) is 6.93. The minimum atomic E-state index is -4.28. The summed E-state index contributed by atoms with van der Waals surface area (Å²) < 4.78 is 48.0. The average Bonchev–Trinajstić information content (AvgIpc) is 3.53. The number of carbonyl (C=O) groups excluding carboxylic acids is 2. The third-order valence-corrected chi connectivity index (χ3v) is 9.20. The highest BCUT2D eigenvalue weighted by Gasteiger charge is 2.40. The largest absolute Gasteiger partial charge is 0.444 e. The van der Waals surface area contributed by atoms with Gasteiger partial charge in [-0.15, -0.1) is 10.2 Å². The number of benzene rings is 2. The van der Waals surface area contributed by atoms with Crippen molar-refractivity contribution >= 4 is 39.1 Å². The molecule has 2 atom stereocenters. The molecule has 2 aliphatic heterocycles. The van der Waals surface area contributed by atoms with E-state index in [1.807, 2.05) is 7.05 Å². The number of sulfone groups is 1. The Balaban J connectivity index is 1.55. The Morgan fingerprint density at radius 3 is 2.58 bits per heavy atom. The predicted octanol–water partition coefficient (Wildman–Crippen LogP) is 3.30. The summed E-state index contributed by atoms with van der Waals surface area (Å²) in [4.78, 5) is 31.0. The van der Waals surface area contributed by atoms with E-state index in [4.69, 9.17) is 16.3 Å². The van der Waals surface area contributed by atoms with E-state index in [-0.39, 0.29) is 23.6 Å². The number of nitrogens with zero attached hydrogens (tertiary/aromatic N) is 6. The first-order valence-corrected chi connectivity index (χ1v) is 15.8. The zero-order valence-electron chi connectivity index (χ0n) is 24.3. The number of carbonyl (C=O) groups is 2. The SMILES string of the molecule is CN1CC[C@H](Cn2nnc(-c3cc4c(cc3F)S(=O)(=O)C[C@H](NC(=O)OC(C)(C)C)C(=O)N4Cc3ccc(Cl)cc3)n2)C1. The summed E-state index contributed by atoms with van der Waals surface area (Å²) >= 11 is 6.04. The van der Waals surface area contributed by atoms with Crippen molar-refractivity contribution in [3.8, 4) is 11.4 Å². The van der Waals surface area contributed by atoms with Gasteiger partial charge < -0.3 is 19.9 Å². The van der Waals surface area contributed by atoms with Crippen LogP contribution in [-0.4, -0.2) is 83.1 Å².